The van der Waals surface area contributed by atoms with E-state index < -0.39 is 11.6 Å². The molecule has 0 aromatic heterocycles. The van der Waals surface area contributed by atoms with Crippen LogP contribution in [0.15, 0.2) is 12.1 Å². The molecule has 2 fully saturated rings. The Labute approximate surface area is 105 Å². The average Bonchev–Trinajstić information content (AvgIpc) is 3.24. The van der Waals surface area contributed by atoms with Crippen LogP contribution < -0.4 is 5.32 Å². The maximum Gasteiger partial charge on any atom is 0.183 e. The van der Waals surface area contributed by atoms with Gasteiger partial charge in [0.1, 0.15) is 6.07 Å². The smallest absolute Gasteiger partial charge is 0.183 e. The minimum absolute atomic E-state index is 0.190. The van der Waals surface area contributed by atoms with Crippen molar-refractivity contribution in [2.45, 2.75) is 31.7 Å². The summed E-state index contributed by atoms with van der Waals surface area (Å²) in [6, 6.07) is 4.71. The Bertz CT molecular complexity index is 501. The molecule has 2 nitrogen and oxygen atoms in total. The van der Waals surface area contributed by atoms with Crippen LogP contribution in [0.1, 0.15) is 31.2 Å². The highest BCUT2D eigenvalue weighted by molar-refractivity contribution is 5.51. The lowest BCUT2D eigenvalue weighted by molar-refractivity contribution is 0.501. The summed E-state index contributed by atoms with van der Waals surface area (Å²) in [5.74, 6) is -0.764. The van der Waals surface area contributed by atoms with Crippen molar-refractivity contribution < 1.29 is 8.78 Å². The molecule has 2 aliphatic rings. The first-order valence-electron chi connectivity index (χ1n) is 6.35. The number of halogens is 2. The third kappa shape index (κ3) is 2.05. The first-order valence-corrected chi connectivity index (χ1v) is 6.35. The van der Waals surface area contributed by atoms with Crippen LogP contribution >= 0.6 is 0 Å². The third-order valence-corrected chi connectivity index (χ3v) is 3.78. The Morgan fingerprint density at radius 3 is 2.22 bits per heavy atom. The minimum Gasteiger partial charge on any atom is -0.379 e. The lowest BCUT2D eigenvalue weighted by Gasteiger charge is -2.19. The molecule has 2 aliphatic carbocycles. The van der Waals surface area contributed by atoms with Crippen molar-refractivity contribution >= 4 is 5.69 Å². The van der Waals surface area contributed by atoms with Gasteiger partial charge in [0, 0.05) is 6.04 Å². The van der Waals surface area contributed by atoms with Crippen LogP contribution in [-0.4, -0.2) is 6.04 Å². The zero-order chi connectivity index (χ0) is 12.7. The quantitative estimate of drug-likeness (QED) is 0.886. The van der Waals surface area contributed by atoms with Crippen LogP contribution in [0.25, 0.3) is 0 Å². The first-order chi connectivity index (χ1) is 8.70. The highest BCUT2D eigenvalue weighted by Crippen LogP contribution is 2.46. The maximum absolute atomic E-state index is 13.8. The first kappa shape index (κ1) is 11.5. The number of benzene rings is 1. The second-order valence-electron chi connectivity index (χ2n) is 5.25. The lowest BCUT2D eigenvalue weighted by atomic mass is 10.1. The molecule has 0 amide bonds. The van der Waals surface area contributed by atoms with Crippen LogP contribution in [0.3, 0.4) is 0 Å². The summed E-state index contributed by atoms with van der Waals surface area (Å²) in [4.78, 5) is 0. The molecular formula is C14H14F2N2. The number of hydrogen-bond donors (Lipinski definition) is 1. The molecule has 0 spiro atoms. The van der Waals surface area contributed by atoms with Gasteiger partial charge in [0.25, 0.3) is 0 Å². The molecule has 0 bridgehead atoms. The molecule has 3 rings (SSSR count). The topological polar surface area (TPSA) is 35.8 Å². The number of hydrogen-bond acceptors (Lipinski definition) is 2. The molecule has 1 N–H and O–H groups in total. The van der Waals surface area contributed by atoms with Crippen molar-refractivity contribution in [2.75, 3.05) is 5.32 Å². The molecule has 1 aromatic carbocycles. The van der Waals surface area contributed by atoms with Crippen LogP contribution in [0, 0.1) is 34.8 Å². The van der Waals surface area contributed by atoms with E-state index in [-0.39, 0.29) is 17.3 Å². The fourth-order valence-corrected chi connectivity index (χ4v) is 2.46. The zero-order valence-corrected chi connectivity index (χ0v) is 9.92. The summed E-state index contributed by atoms with van der Waals surface area (Å²) >= 11 is 0. The van der Waals surface area contributed by atoms with E-state index in [9.17, 15) is 8.78 Å². The van der Waals surface area contributed by atoms with Crippen molar-refractivity contribution in [3.05, 3.63) is 29.3 Å². The summed E-state index contributed by atoms with van der Waals surface area (Å²) < 4.78 is 27.3. The summed E-state index contributed by atoms with van der Waals surface area (Å²) in [6.07, 6.45) is 4.70. The van der Waals surface area contributed by atoms with E-state index in [4.69, 9.17) is 5.26 Å². The monoisotopic (exact) mass is 248 g/mol. The van der Waals surface area contributed by atoms with Gasteiger partial charge in [-0.05, 0) is 49.7 Å². The zero-order valence-electron chi connectivity index (χ0n) is 9.92. The predicted octanol–water partition coefficient (Wildman–Crippen LogP) is 3.44. The molecule has 1 aromatic rings. The highest BCUT2D eigenvalue weighted by Gasteiger charge is 2.41. The highest BCUT2D eigenvalue weighted by atomic mass is 19.2. The fourth-order valence-electron chi connectivity index (χ4n) is 2.46. The van der Waals surface area contributed by atoms with Gasteiger partial charge >= 0.3 is 0 Å². The molecule has 0 aliphatic heterocycles. The molecule has 18 heavy (non-hydrogen) atoms. The average molecular weight is 248 g/mol. The van der Waals surface area contributed by atoms with Crippen molar-refractivity contribution in [1.29, 1.82) is 5.26 Å². The van der Waals surface area contributed by atoms with Gasteiger partial charge in [0.05, 0.1) is 11.3 Å². The molecule has 0 saturated heterocycles. The molecule has 0 radical (unpaired) electrons. The van der Waals surface area contributed by atoms with Gasteiger partial charge in [0.15, 0.2) is 11.6 Å². The third-order valence-electron chi connectivity index (χ3n) is 3.78. The predicted molar refractivity (Wildman–Crippen MR) is 63.9 cm³/mol. The van der Waals surface area contributed by atoms with Gasteiger partial charge in [-0.15, -0.1) is 0 Å². The molecule has 0 atom stereocenters. The SMILES string of the molecule is N#Cc1ccc(NC(C2CC2)C2CC2)c(F)c1F. The number of anilines is 1. The molecule has 0 unspecified atom stereocenters. The number of nitriles is 1. The van der Waals surface area contributed by atoms with E-state index in [1.54, 1.807) is 6.07 Å². The fraction of sp³-hybridized carbons (Fsp3) is 0.500. The van der Waals surface area contributed by atoms with Crippen molar-refractivity contribution in [3.8, 4) is 6.07 Å². The number of rotatable bonds is 4. The van der Waals surface area contributed by atoms with Gasteiger partial charge in [-0.1, -0.05) is 0 Å². The standard InChI is InChI=1S/C14H14F2N2/c15-12-10(7-17)5-6-11(13(12)16)18-14(8-1-2-8)9-3-4-9/h5-6,8-9,14,18H,1-4H2. The largest absolute Gasteiger partial charge is 0.379 e. The van der Waals surface area contributed by atoms with E-state index in [1.165, 1.54) is 37.8 Å². The summed E-state index contributed by atoms with van der Waals surface area (Å²) in [5, 5.41) is 11.8. The van der Waals surface area contributed by atoms with E-state index in [0.29, 0.717) is 11.8 Å². The second-order valence-corrected chi connectivity index (χ2v) is 5.25. The normalized spacial score (nSPS) is 18.8. The maximum atomic E-state index is 13.8. The second kappa shape index (κ2) is 4.24. The van der Waals surface area contributed by atoms with Crippen LogP contribution in [-0.2, 0) is 0 Å². The van der Waals surface area contributed by atoms with Gasteiger partial charge in [-0.2, -0.15) is 5.26 Å². The number of nitrogens with zero attached hydrogens (tertiary/aromatic N) is 1. The van der Waals surface area contributed by atoms with Crippen molar-refractivity contribution in [1.82, 2.24) is 0 Å². The molecule has 2 saturated carbocycles. The summed E-state index contributed by atoms with van der Waals surface area (Å²) in [5.41, 5.74) is -0.0530. The molecule has 4 heteroatoms. The Balaban J connectivity index is 1.83. The molecule has 94 valence electrons. The summed E-state index contributed by atoms with van der Waals surface area (Å²) in [7, 11) is 0. The Kier molecular flexibility index (Phi) is 2.70. The van der Waals surface area contributed by atoms with E-state index in [2.05, 4.69) is 5.32 Å². The van der Waals surface area contributed by atoms with Crippen LogP contribution in [0.4, 0.5) is 14.5 Å². The van der Waals surface area contributed by atoms with E-state index >= 15 is 0 Å². The summed E-state index contributed by atoms with van der Waals surface area (Å²) in [6.45, 7) is 0. The molecular weight excluding hydrogens is 234 g/mol. The Morgan fingerprint density at radius 2 is 1.72 bits per heavy atom. The minimum atomic E-state index is -1.05. The lowest BCUT2D eigenvalue weighted by Crippen LogP contribution is -2.25. The molecule has 0 heterocycles. The number of nitrogens with one attached hydrogen (secondary N) is 1. The van der Waals surface area contributed by atoms with Crippen LogP contribution in [0.5, 0.6) is 0 Å². The van der Waals surface area contributed by atoms with Crippen molar-refractivity contribution in [2.24, 2.45) is 11.8 Å². The van der Waals surface area contributed by atoms with Gasteiger partial charge in [-0.3, -0.25) is 0 Å². The van der Waals surface area contributed by atoms with E-state index in [1.807, 2.05) is 0 Å². The van der Waals surface area contributed by atoms with Crippen LogP contribution in [0.2, 0.25) is 0 Å². The van der Waals surface area contributed by atoms with Gasteiger partial charge in [0.2, 0.25) is 0 Å². The van der Waals surface area contributed by atoms with Gasteiger partial charge < -0.3 is 5.32 Å². The Morgan fingerprint density at radius 1 is 1.11 bits per heavy atom. The van der Waals surface area contributed by atoms with Gasteiger partial charge in [-0.25, -0.2) is 8.78 Å². The van der Waals surface area contributed by atoms with Crippen molar-refractivity contribution in [3.63, 3.8) is 0 Å². The Hall–Kier alpha value is -1.63. The van der Waals surface area contributed by atoms with E-state index in [0.717, 1.165) is 0 Å².